The molecule has 3 aromatic heterocycles. The van der Waals surface area contributed by atoms with Gasteiger partial charge in [0.2, 0.25) is 0 Å². The Morgan fingerprint density at radius 2 is 1.92 bits per heavy atom. The summed E-state index contributed by atoms with van der Waals surface area (Å²) in [5.74, 6) is -0.621. The molecule has 26 heavy (non-hydrogen) atoms. The van der Waals surface area contributed by atoms with Crippen molar-refractivity contribution in [3.05, 3.63) is 58.2 Å². The maximum atomic E-state index is 13.0. The Bertz CT molecular complexity index is 1120. The van der Waals surface area contributed by atoms with Crippen LogP contribution in [0.25, 0.3) is 21.5 Å². The van der Waals surface area contributed by atoms with E-state index in [0.29, 0.717) is 21.4 Å². The van der Waals surface area contributed by atoms with Crippen molar-refractivity contribution in [2.24, 2.45) is 0 Å². The topological polar surface area (TPSA) is 80.9 Å². The van der Waals surface area contributed by atoms with Crippen molar-refractivity contribution in [3.8, 4) is 11.3 Å². The van der Waals surface area contributed by atoms with Gasteiger partial charge in [-0.05, 0) is 43.3 Å². The number of benzene rings is 1. The van der Waals surface area contributed by atoms with Crippen LogP contribution in [0.1, 0.15) is 15.4 Å². The Hall–Kier alpha value is -2.84. The number of carbonyl (C=O) groups is 1. The third kappa shape index (κ3) is 3.04. The lowest BCUT2D eigenvalue weighted by atomic mass is 10.2. The molecule has 1 aromatic carbocycles. The van der Waals surface area contributed by atoms with Crippen LogP contribution in [-0.4, -0.2) is 15.9 Å². The van der Waals surface area contributed by atoms with Crippen molar-refractivity contribution in [2.45, 2.75) is 6.92 Å². The first-order chi connectivity index (χ1) is 12.5. The standard InChI is InChI=1S/C18H13FN4OS2/c1-9-2-7-12-14(20)15(26-17(12)21-9)16(24)23-18-22-13(8-25-18)10-3-5-11(19)6-4-10/h2-8H,20H2,1H3,(H,22,23,24). The Kier molecular flexibility index (Phi) is 4.14. The van der Waals surface area contributed by atoms with E-state index < -0.39 is 0 Å². The Labute approximate surface area is 156 Å². The summed E-state index contributed by atoms with van der Waals surface area (Å²) in [6.45, 7) is 1.89. The molecule has 0 bridgehead atoms. The van der Waals surface area contributed by atoms with Gasteiger partial charge in [-0.15, -0.1) is 22.7 Å². The molecule has 0 saturated heterocycles. The second-order valence-electron chi connectivity index (χ2n) is 5.65. The highest BCUT2D eigenvalue weighted by atomic mass is 32.1. The number of thiazole rings is 1. The number of hydrogen-bond donors (Lipinski definition) is 2. The Morgan fingerprint density at radius 3 is 2.69 bits per heavy atom. The second kappa shape index (κ2) is 6.47. The van der Waals surface area contributed by atoms with Crippen molar-refractivity contribution in [1.82, 2.24) is 9.97 Å². The number of anilines is 2. The lowest BCUT2D eigenvalue weighted by Gasteiger charge is -2.00. The first kappa shape index (κ1) is 16.6. The van der Waals surface area contributed by atoms with Crippen molar-refractivity contribution >= 4 is 49.6 Å². The van der Waals surface area contributed by atoms with E-state index in [9.17, 15) is 9.18 Å². The average Bonchev–Trinajstić information content (AvgIpc) is 3.20. The number of amides is 1. The van der Waals surface area contributed by atoms with Gasteiger partial charge in [0.15, 0.2) is 5.13 Å². The summed E-state index contributed by atoms with van der Waals surface area (Å²) in [5.41, 5.74) is 8.86. The predicted octanol–water partition coefficient (Wildman–Crippen LogP) is 4.70. The van der Waals surface area contributed by atoms with Gasteiger partial charge in [-0.1, -0.05) is 0 Å². The van der Waals surface area contributed by atoms with E-state index in [-0.39, 0.29) is 11.7 Å². The predicted molar refractivity (Wildman–Crippen MR) is 104 cm³/mol. The molecule has 0 aliphatic heterocycles. The molecular weight excluding hydrogens is 371 g/mol. The molecule has 0 atom stereocenters. The van der Waals surface area contributed by atoms with E-state index in [1.807, 2.05) is 24.4 Å². The number of hydrogen-bond acceptors (Lipinski definition) is 6. The van der Waals surface area contributed by atoms with Crippen molar-refractivity contribution in [3.63, 3.8) is 0 Å². The van der Waals surface area contributed by atoms with Crippen LogP contribution in [0.5, 0.6) is 0 Å². The Balaban J connectivity index is 1.59. The minimum atomic E-state index is -0.317. The van der Waals surface area contributed by atoms with Gasteiger partial charge in [-0.2, -0.15) is 0 Å². The fourth-order valence-corrected chi connectivity index (χ4v) is 4.25. The molecule has 3 N–H and O–H groups in total. The minimum Gasteiger partial charge on any atom is -0.397 e. The molecule has 130 valence electrons. The second-order valence-corrected chi connectivity index (χ2v) is 7.51. The van der Waals surface area contributed by atoms with Gasteiger partial charge >= 0.3 is 0 Å². The molecule has 0 spiro atoms. The average molecular weight is 384 g/mol. The van der Waals surface area contributed by atoms with Crippen LogP contribution in [0, 0.1) is 12.7 Å². The van der Waals surface area contributed by atoms with E-state index in [4.69, 9.17) is 5.73 Å². The molecule has 0 unspecified atom stereocenters. The molecule has 4 aromatic rings. The van der Waals surface area contributed by atoms with Crippen LogP contribution in [0.2, 0.25) is 0 Å². The van der Waals surface area contributed by atoms with Gasteiger partial charge in [0.05, 0.1) is 11.4 Å². The number of fused-ring (bicyclic) bond motifs is 1. The summed E-state index contributed by atoms with van der Waals surface area (Å²) in [7, 11) is 0. The molecule has 0 saturated carbocycles. The summed E-state index contributed by atoms with van der Waals surface area (Å²) < 4.78 is 13.0. The number of pyridine rings is 1. The van der Waals surface area contributed by atoms with Crippen LogP contribution in [-0.2, 0) is 0 Å². The van der Waals surface area contributed by atoms with Gasteiger partial charge in [0, 0.05) is 22.0 Å². The SMILES string of the molecule is Cc1ccc2c(N)c(C(=O)Nc3nc(-c4ccc(F)cc4)cs3)sc2n1. The fourth-order valence-electron chi connectivity index (χ4n) is 2.50. The maximum absolute atomic E-state index is 13.0. The first-order valence-electron chi connectivity index (χ1n) is 7.70. The van der Waals surface area contributed by atoms with Gasteiger partial charge in [0.1, 0.15) is 15.5 Å². The number of carbonyl (C=O) groups excluding carboxylic acids is 1. The van der Waals surface area contributed by atoms with E-state index >= 15 is 0 Å². The number of aryl methyl sites for hydroxylation is 1. The third-order valence-corrected chi connectivity index (χ3v) is 5.68. The molecule has 1 amide bonds. The van der Waals surface area contributed by atoms with Crippen molar-refractivity contribution in [1.29, 1.82) is 0 Å². The smallest absolute Gasteiger partial charge is 0.269 e. The van der Waals surface area contributed by atoms with Gasteiger partial charge < -0.3 is 5.73 Å². The zero-order chi connectivity index (χ0) is 18.3. The number of nitrogens with two attached hydrogens (primary N) is 1. The summed E-state index contributed by atoms with van der Waals surface area (Å²) in [6, 6.07) is 9.78. The van der Waals surface area contributed by atoms with Crippen LogP contribution >= 0.6 is 22.7 Å². The number of rotatable bonds is 3. The summed E-state index contributed by atoms with van der Waals surface area (Å²) >= 11 is 2.56. The lowest BCUT2D eigenvalue weighted by Crippen LogP contribution is -2.11. The molecule has 0 fully saturated rings. The lowest BCUT2D eigenvalue weighted by molar-refractivity contribution is 0.103. The molecule has 3 heterocycles. The van der Waals surface area contributed by atoms with E-state index in [1.54, 1.807) is 12.1 Å². The minimum absolute atomic E-state index is 0.304. The number of halogens is 1. The molecular formula is C18H13FN4OS2. The highest BCUT2D eigenvalue weighted by Gasteiger charge is 2.18. The van der Waals surface area contributed by atoms with Crippen LogP contribution in [0.15, 0.2) is 41.8 Å². The quantitative estimate of drug-likeness (QED) is 0.536. The van der Waals surface area contributed by atoms with Gasteiger partial charge in [-0.3, -0.25) is 10.1 Å². The summed E-state index contributed by atoms with van der Waals surface area (Å²) in [5, 5.41) is 5.81. The number of nitrogen functional groups attached to an aromatic ring is 1. The van der Waals surface area contributed by atoms with Gasteiger partial charge in [-0.25, -0.2) is 14.4 Å². The number of thiophene rings is 1. The summed E-state index contributed by atoms with van der Waals surface area (Å²) in [6.07, 6.45) is 0. The van der Waals surface area contributed by atoms with E-state index in [1.165, 1.54) is 34.8 Å². The first-order valence-corrected chi connectivity index (χ1v) is 9.39. The summed E-state index contributed by atoms with van der Waals surface area (Å²) in [4.78, 5) is 22.5. The zero-order valence-corrected chi connectivity index (χ0v) is 15.2. The van der Waals surface area contributed by atoms with E-state index in [2.05, 4.69) is 15.3 Å². The molecule has 0 aliphatic rings. The van der Waals surface area contributed by atoms with E-state index in [0.717, 1.165) is 21.5 Å². The monoisotopic (exact) mass is 384 g/mol. The molecule has 0 aliphatic carbocycles. The largest absolute Gasteiger partial charge is 0.397 e. The fraction of sp³-hybridized carbons (Fsp3) is 0.0556. The number of nitrogens with one attached hydrogen (secondary N) is 1. The van der Waals surface area contributed by atoms with Crippen LogP contribution in [0.3, 0.4) is 0 Å². The third-order valence-electron chi connectivity index (χ3n) is 3.80. The van der Waals surface area contributed by atoms with Crippen molar-refractivity contribution < 1.29 is 9.18 Å². The van der Waals surface area contributed by atoms with Crippen LogP contribution < -0.4 is 11.1 Å². The highest BCUT2D eigenvalue weighted by molar-refractivity contribution is 7.21. The molecule has 5 nitrogen and oxygen atoms in total. The van der Waals surface area contributed by atoms with Crippen LogP contribution in [0.4, 0.5) is 15.2 Å². The van der Waals surface area contributed by atoms with Gasteiger partial charge in [0.25, 0.3) is 5.91 Å². The number of nitrogens with zero attached hydrogens (tertiary/aromatic N) is 2. The number of aromatic nitrogens is 2. The highest BCUT2D eigenvalue weighted by Crippen LogP contribution is 2.33. The maximum Gasteiger partial charge on any atom is 0.269 e. The zero-order valence-electron chi connectivity index (χ0n) is 13.6. The molecule has 4 rings (SSSR count). The molecule has 8 heteroatoms. The normalized spacial score (nSPS) is 11.0. The van der Waals surface area contributed by atoms with Crippen molar-refractivity contribution in [2.75, 3.05) is 11.1 Å². The molecule has 0 radical (unpaired) electrons. The Morgan fingerprint density at radius 1 is 1.15 bits per heavy atom.